The Morgan fingerprint density at radius 1 is 1.29 bits per heavy atom. The third-order valence-electron chi connectivity index (χ3n) is 1.08. The molecule has 0 aliphatic rings. The molecular formula is C9H19NO4. The first kappa shape index (κ1) is 15.4. The van der Waals surface area contributed by atoms with Crippen molar-refractivity contribution in [3.05, 3.63) is 0 Å². The van der Waals surface area contributed by atoms with Crippen molar-refractivity contribution < 1.29 is 19.1 Å². The summed E-state index contributed by atoms with van der Waals surface area (Å²) >= 11 is 0. The van der Waals surface area contributed by atoms with Crippen LogP contribution in [0.25, 0.3) is 0 Å². The molecule has 0 saturated heterocycles. The van der Waals surface area contributed by atoms with E-state index >= 15 is 0 Å². The Kier molecular flexibility index (Phi) is 11.0. The van der Waals surface area contributed by atoms with E-state index in [9.17, 15) is 9.59 Å². The average Bonchev–Trinajstić information content (AvgIpc) is 2.20. The summed E-state index contributed by atoms with van der Waals surface area (Å²) in [6.07, 6.45) is 0.260. The number of hydrogen-bond acceptors (Lipinski definition) is 5. The summed E-state index contributed by atoms with van der Waals surface area (Å²) in [5.74, 6) is -0.994. The number of rotatable bonds is 4. The Morgan fingerprint density at radius 2 is 1.79 bits per heavy atom. The van der Waals surface area contributed by atoms with Crippen molar-refractivity contribution in [2.24, 2.45) is 5.73 Å². The van der Waals surface area contributed by atoms with Gasteiger partial charge in [0.1, 0.15) is 6.04 Å². The van der Waals surface area contributed by atoms with Crippen LogP contribution in [0.2, 0.25) is 0 Å². The van der Waals surface area contributed by atoms with Crippen LogP contribution in [0.4, 0.5) is 0 Å². The van der Waals surface area contributed by atoms with Gasteiger partial charge in [-0.25, -0.2) is 0 Å². The van der Waals surface area contributed by atoms with E-state index in [1.165, 1.54) is 6.92 Å². The molecule has 0 radical (unpaired) electrons. The molecular weight excluding hydrogens is 186 g/mol. The largest absolute Gasteiger partial charge is 0.428 e. The van der Waals surface area contributed by atoms with Gasteiger partial charge in [-0.15, -0.1) is 0 Å². The highest BCUT2D eigenvalue weighted by atomic mass is 16.7. The van der Waals surface area contributed by atoms with E-state index in [2.05, 4.69) is 9.47 Å². The van der Waals surface area contributed by atoms with Crippen molar-refractivity contribution in [1.29, 1.82) is 0 Å². The molecule has 0 heterocycles. The van der Waals surface area contributed by atoms with Gasteiger partial charge in [0.15, 0.2) is 0 Å². The maximum atomic E-state index is 10.7. The monoisotopic (exact) mass is 205 g/mol. The first-order valence-corrected chi connectivity index (χ1v) is 4.65. The quantitative estimate of drug-likeness (QED) is 0.543. The molecule has 0 aromatic carbocycles. The molecule has 14 heavy (non-hydrogen) atoms. The Hall–Kier alpha value is -1.10. The number of esters is 2. The second kappa shape index (κ2) is 9.98. The van der Waals surface area contributed by atoms with Gasteiger partial charge in [-0.05, 0) is 6.92 Å². The summed E-state index contributed by atoms with van der Waals surface area (Å²) in [6.45, 7) is 6.78. The number of ether oxygens (including phenoxy) is 2. The van der Waals surface area contributed by atoms with Gasteiger partial charge in [-0.3, -0.25) is 9.59 Å². The zero-order valence-corrected chi connectivity index (χ0v) is 9.20. The van der Waals surface area contributed by atoms with Crippen LogP contribution in [0.5, 0.6) is 0 Å². The topological polar surface area (TPSA) is 78.6 Å². The minimum Gasteiger partial charge on any atom is -0.428 e. The normalized spacial score (nSPS) is 10.6. The Bertz CT molecular complexity index is 168. The van der Waals surface area contributed by atoms with Gasteiger partial charge in [-0.2, -0.15) is 0 Å². The van der Waals surface area contributed by atoms with Crippen LogP contribution in [0.1, 0.15) is 34.1 Å². The molecule has 5 nitrogen and oxygen atoms in total. The Labute approximate surface area is 84.6 Å². The predicted molar refractivity (Wildman–Crippen MR) is 52.3 cm³/mol. The summed E-state index contributed by atoms with van der Waals surface area (Å²) in [4.78, 5) is 21.2. The zero-order valence-electron chi connectivity index (χ0n) is 9.20. The lowest BCUT2D eigenvalue weighted by atomic mass is 10.4. The van der Waals surface area contributed by atoms with Gasteiger partial charge in [0.05, 0.1) is 0 Å². The molecule has 1 atom stereocenters. The van der Waals surface area contributed by atoms with Gasteiger partial charge in [-0.1, -0.05) is 20.8 Å². The molecule has 0 saturated carbocycles. The predicted octanol–water partition coefficient (Wildman–Crippen LogP) is 0.814. The van der Waals surface area contributed by atoms with Crippen LogP contribution in [0.15, 0.2) is 0 Å². The van der Waals surface area contributed by atoms with Crippen LogP contribution >= 0.6 is 0 Å². The number of carbonyl (C=O) groups is 2. The van der Waals surface area contributed by atoms with Gasteiger partial charge >= 0.3 is 11.9 Å². The molecule has 84 valence electrons. The second-order valence-corrected chi connectivity index (χ2v) is 2.24. The van der Waals surface area contributed by atoms with Gasteiger partial charge in [0, 0.05) is 6.42 Å². The van der Waals surface area contributed by atoms with Crippen LogP contribution in [-0.2, 0) is 19.1 Å². The first-order chi connectivity index (χ1) is 6.57. The van der Waals surface area contributed by atoms with Crippen LogP contribution in [-0.4, -0.2) is 24.8 Å². The molecule has 1 unspecified atom stereocenters. The summed E-state index contributed by atoms with van der Waals surface area (Å²) < 4.78 is 8.94. The van der Waals surface area contributed by atoms with Gasteiger partial charge in [0.2, 0.25) is 6.79 Å². The summed E-state index contributed by atoms with van der Waals surface area (Å²) in [7, 11) is 0. The molecule has 2 N–H and O–H groups in total. The molecule has 0 bridgehead atoms. The van der Waals surface area contributed by atoms with Crippen molar-refractivity contribution in [3.63, 3.8) is 0 Å². The van der Waals surface area contributed by atoms with Crippen LogP contribution < -0.4 is 5.73 Å². The van der Waals surface area contributed by atoms with Gasteiger partial charge < -0.3 is 15.2 Å². The average molecular weight is 205 g/mol. The fourth-order valence-corrected chi connectivity index (χ4v) is 0.387. The smallest absolute Gasteiger partial charge is 0.325 e. The van der Waals surface area contributed by atoms with Crippen molar-refractivity contribution in [2.45, 2.75) is 40.2 Å². The van der Waals surface area contributed by atoms with E-state index in [0.717, 1.165) is 0 Å². The third-order valence-corrected chi connectivity index (χ3v) is 1.08. The standard InChI is InChI=1S/C7H13NO4.C2H6/c1-3-6(9)11-4-12-7(10)5(2)8;1-2/h5H,3-4,8H2,1-2H3;1-2H3. The lowest BCUT2D eigenvalue weighted by Crippen LogP contribution is -2.29. The van der Waals surface area contributed by atoms with E-state index in [0.29, 0.717) is 0 Å². The summed E-state index contributed by atoms with van der Waals surface area (Å²) in [5.41, 5.74) is 5.17. The van der Waals surface area contributed by atoms with E-state index in [4.69, 9.17) is 5.73 Å². The fourth-order valence-electron chi connectivity index (χ4n) is 0.387. The summed E-state index contributed by atoms with van der Waals surface area (Å²) in [5, 5.41) is 0. The van der Waals surface area contributed by atoms with Crippen molar-refractivity contribution >= 4 is 11.9 Å². The van der Waals surface area contributed by atoms with E-state index in [1.54, 1.807) is 6.92 Å². The third kappa shape index (κ3) is 8.99. The Balaban J connectivity index is 0. The van der Waals surface area contributed by atoms with Crippen LogP contribution in [0.3, 0.4) is 0 Å². The maximum absolute atomic E-state index is 10.7. The highest BCUT2D eigenvalue weighted by Crippen LogP contribution is 1.88. The lowest BCUT2D eigenvalue weighted by molar-refractivity contribution is -0.167. The summed E-state index contributed by atoms with van der Waals surface area (Å²) in [6, 6.07) is -0.690. The van der Waals surface area contributed by atoms with Gasteiger partial charge in [0.25, 0.3) is 0 Å². The van der Waals surface area contributed by atoms with E-state index in [-0.39, 0.29) is 13.2 Å². The molecule has 0 aliphatic heterocycles. The van der Waals surface area contributed by atoms with Crippen molar-refractivity contribution in [2.75, 3.05) is 6.79 Å². The molecule has 0 fully saturated rings. The number of nitrogens with two attached hydrogens (primary N) is 1. The molecule has 0 spiro atoms. The lowest BCUT2D eigenvalue weighted by Gasteiger charge is -2.06. The minimum absolute atomic E-state index is 0.260. The molecule has 0 aromatic heterocycles. The second-order valence-electron chi connectivity index (χ2n) is 2.24. The Morgan fingerprint density at radius 3 is 2.14 bits per heavy atom. The van der Waals surface area contributed by atoms with E-state index in [1.807, 2.05) is 13.8 Å². The SMILES string of the molecule is CC.CCC(=O)OCOC(=O)C(C)N. The molecule has 0 rings (SSSR count). The molecule has 5 heteroatoms. The highest BCUT2D eigenvalue weighted by Gasteiger charge is 2.08. The maximum Gasteiger partial charge on any atom is 0.325 e. The fraction of sp³-hybridized carbons (Fsp3) is 0.778. The number of carbonyl (C=O) groups excluding carboxylic acids is 2. The number of hydrogen-bond donors (Lipinski definition) is 1. The highest BCUT2D eigenvalue weighted by molar-refractivity contribution is 5.75. The van der Waals surface area contributed by atoms with E-state index < -0.39 is 18.0 Å². The zero-order chi connectivity index (χ0) is 11.6. The van der Waals surface area contributed by atoms with Crippen molar-refractivity contribution in [3.8, 4) is 0 Å². The molecule has 0 aromatic rings. The minimum atomic E-state index is -0.690. The first-order valence-electron chi connectivity index (χ1n) is 4.65. The van der Waals surface area contributed by atoms with Crippen molar-refractivity contribution in [1.82, 2.24) is 0 Å². The molecule has 0 aliphatic carbocycles. The molecule has 0 amide bonds. The van der Waals surface area contributed by atoms with Crippen LogP contribution in [0, 0.1) is 0 Å².